The van der Waals surface area contributed by atoms with Crippen LogP contribution in [0.5, 0.6) is 0 Å². The summed E-state index contributed by atoms with van der Waals surface area (Å²) in [5.74, 6) is -0.154. The maximum Gasteiger partial charge on any atom is 0.337 e. The minimum absolute atomic E-state index is 0.123. The lowest BCUT2D eigenvalue weighted by Crippen LogP contribution is -2.34. The summed E-state index contributed by atoms with van der Waals surface area (Å²) in [5, 5.41) is 3.50. The van der Waals surface area contributed by atoms with Gasteiger partial charge in [0.1, 0.15) is 17.2 Å². The number of hydrogen-bond acceptors (Lipinski definition) is 7. The summed E-state index contributed by atoms with van der Waals surface area (Å²) in [7, 11) is 1.32. The van der Waals surface area contributed by atoms with Crippen LogP contribution in [0.25, 0.3) is 10.2 Å². The summed E-state index contributed by atoms with van der Waals surface area (Å²) in [5.41, 5.74) is 1.92. The van der Waals surface area contributed by atoms with E-state index in [9.17, 15) is 14.4 Å². The second-order valence-electron chi connectivity index (χ2n) is 8.39. The average molecular weight is 483 g/mol. The summed E-state index contributed by atoms with van der Waals surface area (Å²) in [4.78, 5) is 47.3. The highest BCUT2D eigenvalue weighted by Gasteiger charge is 2.23. The number of anilines is 1. The molecule has 34 heavy (non-hydrogen) atoms. The summed E-state index contributed by atoms with van der Waals surface area (Å²) in [6, 6.07) is 6.45. The molecule has 0 saturated carbocycles. The fourth-order valence-electron chi connectivity index (χ4n) is 4.36. The van der Waals surface area contributed by atoms with Gasteiger partial charge in [0.25, 0.3) is 5.56 Å². The van der Waals surface area contributed by atoms with E-state index in [1.54, 1.807) is 35.6 Å². The van der Waals surface area contributed by atoms with Crippen LogP contribution in [0.15, 0.2) is 29.1 Å². The number of nitrogens with zero attached hydrogens (tertiary/aromatic N) is 3. The van der Waals surface area contributed by atoms with Crippen molar-refractivity contribution < 1.29 is 14.3 Å². The third-order valence-electron chi connectivity index (χ3n) is 6.30. The topological polar surface area (TPSA) is 93.5 Å². The second kappa shape index (κ2) is 10.5. The van der Waals surface area contributed by atoms with E-state index in [0.717, 1.165) is 49.2 Å². The van der Waals surface area contributed by atoms with Gasteiger partial charge in [0.15, 0.2) is 0 Å². The number of esters is 1. The number of rotatable bonds is 8. The fraction of sp³-hybridized carbons (Fsp3) is 0.440. The number of ether oxygens (including phenoxy) is 1. The normalized spacial score (nSPS) is 13.2. The lowest BCUT2D eigenvalue weighted by molar-refractivity contribution is -0.116. The molecule has 0 atom stereocenters. The number of aromatic nitrogens is 2. The molecule has 4 rings (SSSR count). The largest absolute Gasteiger partial charge is 0.465 e. The van der Waals surface area contributed by atoms with Gasteiger partial charge in [0, 0.05) is 10.6 Å². The van der Waals surface area contributed by atoms with Crippen LogP contribution in [0.1, 0.15) is 53.3 Å². The van der Waals surface area contributed by atoms with Crippen LogP contribution >= 0.6 is 11.3 Å². The molecule has 0 bridgehead atoms. The number of benzene rings is 1. The molecule has 1 aliphatic rings. The quantitative estimate of drug-likeness (QED) is 0.493. The number of nitrogens with one attached hydrogen (secondary N) is 1. The van der Waals surface area contributed by atoms with Crippen LogP contribution in [0, 0.1) is 0 Å². The molecule has 0 saturated heterocycles. The van der Waals surface area contributed by atoms with Crippen LogP contribution in [0.4, 0.5) is 5.69 Å². The lowest BCUT2D eigenvalue weighted by Gasteiger charge is -2.20. The molecule has 0 spiro atoms. The van der Waals surface area contributed by atoms with E-state index in [4.69, 9.17) is 9.72 Å². The molecule has 1 amide bonds. The molecule has 0 fully saturated rings. The van der Waals surface area contributed by atoms with Crippen molar-refractivity contribution in [2.75, 3.05) is 25.5 Å². The van der Waals surface area contributed by atoms with Gasteiger partial charge in [-0.3, -0.25) is 19.1 Å². The highest BCUT2D eigenvalue weighted by molar-refractivity contribution is 7.18. The average Bonchev–Trinajstić information content (AvgIpc) is 3.23. The van der Waals surface area contributed by atoms with Crippen molar-refractivity contribution in [1.82, 2.24) is 14.5 Å². The van der Waals surface area contributed by atoms with Gasteiger partial charge in [-0.25, -0.2) is 9.78 Å². The van der Waals surface area contributed by atoms with Gasteiger partial charge in [0.2, 0.25) is 5.91 Å². The molecule has 1 N–H and O–H groups in total. The predicted octanol–water partition coefficient (Wildman–Crippen LogP) is 3.60. The number of hydrogen-bond donors (Lipinski definition) is 1. The fourth-order valence-corrected chi connectivity index (χ4v) is 5.63. The molecule has 0 unspecified atom stereocenters. The third kappa shape index (κ3) is 4.90. The van der Waals surface area contributed by atoms with Gasteiger partial charge in [0.05, 0.1) is 24.6 Å². The Morgan fingerprint density at radius 3 is 2.53 bits per heavy atom. The number of carbonyl (C=O) groups excluding carboxylic acids is 2. The van der Waals surface area contributed by atoms with Crippen molar-refractivity contribution >= 4 is 39.1 Å². The van der Waals surface area contributed by atoms with E-state index in [1.807, 2.05) is 0 Å². The lowest BCUT2D eigenvalue weighted by atomic mass is 9.97. The van der Waals surface area contributed by atoms with E-state index >= 15 is 0 Å². The summed E-state index contributed by atoms with van der Waals surface area (Å²) < 4.78 is 6.23. The number of thiophene rings is 1. The van der Waals surface area contributed by atoms with Crippen molar-refractivity contribution in [2.45, 2.75) is 52.6 Å². The van der Waals surface area contributed by atoms with Gasteiger partial charge in [-0.2, -0.15) is 0 Å². The van der Waals surface area contributed by atoms with Crippen LogP contribution in [-0.4, -0.2) is 46.5 Å². The Morgan fingerprint density at radius 2 is 1.85 bits per heavy atom. The van der Waals surface area contributed by atoms with Crippen molar-refractivity contribution in [3.63, 3.8) is 0 Å². The van der Waals surface area contributed by atoms with Crippen molar-refractivity contribution in [1.29, 1.82) is 0 Å². The molecule has 3 aromatic rings. The molecule has 1 aliphatic carbocycles. The zero-order valence-electron chi connectivity index (χ0n) is 19.8. The number of aryl methyl sites for hydroxylation is 2. The first-order valence-corrected chi connectivity index (χ1v) is 12.5. The van der Waals surface area contributed by atoms with Crippen LogP contribution < -0.4 is 10.9 Å². The van der Waals surface area contributed by atoms with Gasteiger partial charge >= 0.3 is 5.97 Å². The number of amides is 1. The van der Waals surface area contributed by atoms with E-state index in [2.05, 4.69) is 24.1 Å². The Balaban J connectivity index is 1.66. The molecular formula is C25H30N4O4S. The number of methoxy groups -OCH3 is 1. The van der Waals surface area contributed by atoms with E-state index in [0.29, 0.717) is 29.0 Å². The van der Waals surface area contributed by atoms with Gasteiger partial charge < -0.3 is 10.1 Å². The SMILES string of the molecule is CCN(CC)Cc1nc2sc3c(c2c(=O)n1CC(=O)Nc1ccc(C(=O)OC)cc1)CCCC3. The Hall–Kier alpha value is -3.04. The minimum Gasteiger partial charge on any atom is -0.465 e. The van der Waals surface area contributed by atoms with Crippen LogP contribution in [-0.2, 0) is 35.5 Å². The first-order chi connectivity index (χ1) is 16.4. The molecule has 8 nitrogen and oxygen atoms in total. The monoisotopic (exact) mass is 482 g/mol. The smallest absolute Gasteiger partial charge is 0.337 e. The van der Waals surface area contributed by atoms with Gasteiger partial charge in [-0.15, -0.1) is 11.3 Å². The van der Waals surface area contributed by atoms with E-state index in [1.165, 1.54) is 16.6 Å². The van der Waals surface area contributed by atoms with Gasteiger partial charge in [-0.05, 0) is 68.6 Å². The molecule has 0 aliphatic heterocycles. The predicted molar refractivity (Wildman–Crippen MR) is 134 cm³/mol. The number of fused-ring (bicyclic) bond motifs is 3. The minimum atomic E-state index is -0.441. The first kappa shape index (κ1) is 24.1. The summed E-state index contributed by atoms with van der Waals surface area (Å²) in [6.07, 6.45) is 4.09. The van der Waals surface area contributed by atoms with Crippen molar-refractivity contribution in [3.05, 3.63) is 56.4 Å². The maximum atomic E-state index is 13.7. The molecule has 180 valence electrons. The Morgan fingerprint density at radius 1 is 1.15 bits per heavy atom. The van der Waals surface area contributed by atoms with Gasteiger partial charge in [-0.1, -0.05) is 13.8 Å². The maximum absolute atomic E-state index is 13.7. The molecular weight excluding hydrogens is 452 g/mol. The van der Waals surface area contributed by atoms with E-state index in [-0.39, 0.29) is 18.0 Å². The second-order valence-corrected chi connectivity index (χ2v) is 9.47. The van der Waals surface area contributed by atoms with Crippen molar-refractivity contribution in [3.8, 4) is 0 Å². The zero-order valence-corrected chi connectivity index (χ0v) is 20.7. The molecule has 0 radical (unpaired) electrons. The Kier molecular flexibility index (Phi) is 7.43. The zero-order chi connectivity index (χ0) is 24.2. The van der Waals surface area contributed by atoms with E-state index < -0.39 is 5.97 Å². The Labute approximate surface area is 202 Å². The highest BCUT2D eigenvalue weighted by Crippen LogP contribution is 2.33. The summed E-state index contributed by atoms with van der Waals surface area (Å²) in [6.45, 7) is 6.16. The van der Waals surface area contributed by atoms with Crippen LogP contribution in [0.2, 0.25) is 0 Å². The van der Waals surface area contributed by atoms with Crippen molar-refractivity contribution in [2.24, 2.45) is 0 Å². The molecule has 9 heteroatoms. The number of carbonyl (C=O) groups is 2. The first-order valence-electron chi connectivity index (χ1n) is 11.7. The summed E-state index contributed by atoms with van der Waals surface area (Å²) >= 11 is 1.62. The molecule has 2 heterocycles. The molecule has 2 aromatic heterocycles. The Bertz CT molecular complexity index is 1260. The van der Waals surface area contributed by atoms with Crippen LogP contribution in [0.3, 0.4) is 0 Å². The standard InChI is InChI=1S/C25H30N4O4S/c1-4-28(5-2)14-20-27-23-22(18-8-6-7-9-19(18)34-23)24(31)29(20)15-21(30)26-17-12-10-16(11-13-17)25(32)33-3/h10-13H,4-9,14-15H2,1-3H3,(H,26,30). The highest BCUT2D eigenvalue weighted by atomic mass is 32.1. The third-order valence-corrected chi connectivity index (χ3v) is 7.49. The molecule has 1 aromatic carbocycles.